The van der Waals surface area contributed by atoms with Crippen LogP contribution in [0.15, 0.2) is 48.5 Å². The van der Waals surface area contributed by atoms with Crippen molar-refractivity contribution in [3.05, 3.63) is 54.3 Å². The Morgan fingerprint density at radius 3 is 2.52 bits per heavy atom. The molecule has 1 N–H and O–H groups in total. The molecule has 0 aromatic heterocycles. The first-order valence-electron chi connectivity index (χ1n) is 7.55. The molecule has 0 heterocycles. The summed E-state index contributed by atoms with van der Waals surface area (Å²) in [6.45, 7) is -0.408. The average molecular weight is 346 g/mol. The quantitative estimate of drug-likeness (QED) is 0.835. The van der Waals surface area contributed by atoms with Gasteiger partial charge < -0.3 is 19.7 Å². The van der Waals surface area contributed by atoms with Crippen molar-refractivity contribution < 1.29 is 23.5 Å². The number of nitrogens with one attached hydrogen (secondary N) is 1. The van der Waals surface area contributed by atoms with Crippen LogP contribution in [0.3, 0.4) is 0 Å². The van der Waals surface area contributed by atoms with Gasteiger partial charge in [0.05, 0.1) is 13.7 Å². The number of likely N-dealkylation sites (N-methyl/N-ethyl adjacent to an activating group) is 1. The van der Waals surface area contributed by atoms with Crippen molar-refractivity contribution in [1.29, 1.82) is 0 Å². The SMILES string of the molecule is COc1ccccc1OCC(=O)N(C)CC(=O)Nc1cccc(F)c1. The summed E-state index contributed by atoms with van der Waals surface area (Å²) in [7, 11) is 2.99. The summed E-state index contributed by atoms with van der Waals surface area (Å²) in [5.74, 6) is -0.302. The van der Waals surface area contributed by atoms with Gasteiger partial charge in [0, 0.05) is 12.7 Å². The Labute approximate surface area is 145 Å². The molecule has 0 saturated heterocycles. The number of hydrogen-bond acceptors (Lipinski definition) is 4. The molecule has 0 aliphatic rings. The smallest absolute Gasteiger partial charge is 0.260 e. The predicted octanol–water partition coefficient (Wildman–Crippen LogP) is 2.31. The van der Waals surface area contributed by atoms with Crippen molar-refractivity contribution in [1.82, 2.24) is 4.90 Å². The molecular formula is C18H19FN2O4. The molecule has 0 bridgehead atoms. The van der Waals surface area contributed by atoms with E-state index in [0.717, 1.165) is 0 Å². The highest BCUT2D eigenvalue weighted by Crippen LogP contribution is 2.25. The number of ether oxygens (including phenoxy) is 2. The van der Waals surface area contributed by atoms with Crippen LogP contribution < -0.4 is 14.8 Å². The van der Waals surface area contributed by atoms with Gasteiger partial charge in [-0.05, 0) is 30.3 Å². The second-order valence-corrected chi connectivity index (χ2v) is 5.25. The van der Waals surface area contributed by atoms with Crippen LogP contribution in [0.1, 0.15) is 0 Å². The number of para-hydroxylation sites is 2. The van der Waals surface area contributed by atoms with Gasteiger partial charge in [-0.25, -0.2) is 4.39 Å². The molecule has 2 aromatic carbocycles. The van der Waals surface area contributed by atoms with Gasteiger partial charge in [0.15, 0.2) is 18.1 Å². The highest BCUT2D eigenvalue weighted by Gasteiger charge is 2.15. The van der Waals surface area contributed by atoms with E-state index < -0.39 is 11.7 Å². The largest absolute Gasteiger partial charge is 0.493 e. The number of carbonyl (C=O) groups is 2. The number of benzene rings is 2. The van der Waals surface area contributed by atoms with Crippen molar-refractivity contribution in [2.24, 2.45) is 0 Å². The van der Waals surface area contributed by atoms with E-state index in [1.54, 1.807) is 30.3 Å². The van der Waals surface area contributed by atoms with Crippen molar-refractivity contribution in [3.8, 4) is 11.5 Å². The highest BCUT2D eigenvalue weighted by atomic mass is 19.1. The molecule has 0 atom stereocenters. The second-order valence-electron chi connectivity index (χ2n) is 5.25. The van der Waals surface area contributed by atoms with E-state index in [1.807, 2.05) is 0 Å². The summed E-state index contributed by atoms with van der Waals surface area (Å²) in [6.07, 6.45) is 0. The standard InChI is InChI=1S/C18H19FN2O4/c1-21(11-17(22)20-14-7-5-6-13(19)10-14)18(23)12-25-16-9-4-3-8-15(16)24-2/h3-10H,11-12H2,1-2H3,(H,20,22). The lowest BCUT2D eigenvalue weighted by atomic mass is 10.3. The molecule has 132 valence electrons. The van der Waals surface area contributed by atoms with E-state index in [0.29, 0.717) is 17.2 Å². The van der Waals surface area contributed by atoms with Crippen LogP contribution in [-0.4, -0.2) is 44.0 Å². The molecule has 0 saturated carbocycles. The minimum absolute atomic E-state index is 0.176. The Kier molecular flexibility index (Phi) is 6.33. The lowest BCUT2D eigenvalue weighted by molar-refractivity contribution is -0.135. The molecule has 2 aromatic rings. The van der Waals surface area contributed by atoms with Gasteiger partial charge in [-0.15, -0.1) is 0 Å². The van der Waals surface area contributed by atoms with Gasteiger partial charge in [-0.2, -0.15) is 0 Å². The third-order valence-electron chi connectivity index (χ3n) is 3.34. The maximum atomic E-state index is 13.1. The zero-order valence-corrected chi connectivity index (χ0v) is 14.0. The predicted molar refractivity (Wildman–Crippen MR) is 91.2 cm³/mol. The summed E-state index contributed by atoms with van der Waals surface area (Å²) in [6, 6.07) is 12.5. The van der Waals surface area contributed by atoms with Gasteiger partial charge in [-0.1, -0.05) is 18.2 Å². The van der Waals surface area contributed by atoms with Crippen LogP contribution in [0.4, 0.5) is 10.1 Å². The van der Waals surface area contributed by atoms with E-state index in [2.05, 4.69) is 5.32 Å². The highest BCUT2D eigenvalue weighted by molar-refractivity contribution is 5.94. The first-order chi connectivity index (χ1) is 12.0. The summed E-state index contributed by atoms with van der Waals surface area (Å²) in [5, 5.41) is 2.53. The number of rotatable bonds is 7. The Balaban J connectivity index is 1.84. The Hall–Kier alpha value is -3.09. The number of halogens is 1. The van der Waals surface area contributed by atoms with E-state index in [1.165, 1.54) is 37.3 Å². The van der Waals surface area contributed by atoms with Crippen LogP contribution in [0.5, 0.6) is 11.5 Å². The average Bonchev–Trinajstić information content (AvgIpc) is 2.59. The monoisotopic (exact) mass is 346 g/mol. The van der Waals surface area contributed by atoms with Crippen molar-refractivity contribution >= 4 is 17.5 Å². The van der Waals surface area contributed by atoms with Crippen molar-refractivity contribution in [3.63, 3.8) is 0 Å². The van der Waals surface area contributed by atoms with E-state index in [-0.39, 0.29) is 19.1 Å². The summed E-state index contributed by atoms with van der Waals surface area (Å²) < 4.78 is 23.7. The first kappa shape index (κ1) is 18.3. The van der Waals surface area contributed by atoms with Crippen LogP contribution in [-0.2, 0) is 9.59 Å². The third-order valence-corrected chi connectivity index (χ3v) is 3.34. The molecule has 0 unspecified atom stereocenters. The minimum Gasteiger partial charge on any atom is -0.493 e. The Morgan fingerprint density at radius 2 is 1.84 bits per heavy atom. The lowest BCUT2D eigenvalue weighted by Gasteiger charge is -2.17. The van der Waals surface area contributed by atoms with Gasteiger partial charge in [0.25, 0.3) is 5.91 Å². The van der Waals surface area contributed by atoms with E-state index in [4.69, 9.17) is 9.47 Å². The van der Waals surface area contributed by atoms with E-state index >= 15 is 0 Å². The summed E-state index contributed by atoms with van der Waals surface area (Å²) in [5.41, 5.74) is 0.330. The molecule has 0 aliphatic carbocycles. The molecule has 6 nitrogen and oxygen atoms in total. The van der Waals surface area contributed by atoms with Gasteiger partial charge in [0.1, 0.15) is 5.82 Å². The number of nitrogens with zero attached hydrogens (tertiary/aromatic N) is 1. The van der Waals surface area contributed by atoms with Gasteiger partial charge in [-0.3, -0.25) is 9.59 Å². The molecule has 2 rings (SSSR count). The molecule has 0 radical (unpaired) electrons. The van der Waals surface area contributed by atoms with Gasteiger partial charge in [0.2, 0.25) is 5.91 Å². The van der Waals surface area contributed by atoms with Crippen LogP contribution in [0, 0.1) is 5.82 Å². The molecule has 0 fully saturated rings. The number of anilines is 1. The third kappa shape index (κ3) is 5.49. The fraction of sp³-hybridized carbons (Fsp3) is 0.222. The van der Waals surface area contributed by atoms with Crippen molar-refractivity contribution in [2.45, 2.75) is 0 Å². The fourth-order valence-corrected chi connectivity index (χ4v) is 2.06. The molecule has 7 heteroatoms. The number of carbonyl (C=O) groups excluding carboxylic acids is 2. The Bertz CT molecular complexity index is 751. The van der Waals surface area contributed by atoms with Gasteiger partial charge >= 0.3 is 0 Å². The maximum Gasteiger partial charge on any atom is 0.260 e. The molecular weight excluding hydrogens is 327 g/mol. The zero-order chi connectivity index (χ0) is 18.2. The number of amides is 2. The van der Waals surface area contributed by atoms with Crippen LogP contribution in [0.25, 0.3) is 0 Å². The van der Waals surface area contributed by atoms with Crippen molar-refractivity contribution in [2.75, 3.05) is 32.6 Å². The van der Waals surface area contributed by atoms with Crippen LogP contribution in [0.2, 0.25) is 0 Å². The molecule has 25 heavy (non-hydrogen) atoms. The topological polar surface area (TPSA) is 67.9 Å². The summed E-state index contributed by atoms with van der Waals surface area (Å²) >= 11 is 0. The maximum absolute atomic E-state index is 13.1. The fourth-order valence-electron chi connectivity index (χ4n) is 2.06. The molecule has 2 amide bonds. The molecule has 0 spiro atoms. The normalized spacial score (nSPS) is 10.0. The first-order valence-corrected chi connectivity index (χ1v) is 7.55. The lowest BCUT2D eigenvalue weighted by Crippen LogP contribution is -2.37. The zero-order valence-electron chi connectivity index (χ0n) is 14.0. The second kappa shape index (κ2) is 8.68. The van der Waals surface area contributed by atoms with Crippen LogP contribution >= 0.6 is 0 Å². The number of hydrogen-bond donors (Lipinski definition) is 1. The Morgan fingerprint density at radius 1 is 1.12 bits per heavy atom. The van der Waals surface area contributed by atoms with E-state index in [9.17, 15) is 14.0 Å². The minimum atomic E-state index is -0.451. The molecule has 0 aliphatic heterocycles. The number of methoxy groups -OCH3 is 1. The summed E-state index contributed by atoms with van der Waals surface area (Å²) in [4.78, 5) is 25.2.